The summed E-state index contributed by atoms with van der Waals surface area (Å²) >= 11 is 0. The Morgan fingerprint density at radius 2 is 1.52 bits per heavy atom. The monoisotopic (exact) mass is 488 g/mol. The predicted octanol–water partition coefficient (Wildman–Crippen LogP) is 5.68. The summed E-state index contributed by atoms with van der Waals surface area (Å²) in [5.74, 6) is -1.40. The Bertz CT molecular complexity index is 1080. The molecule has 33 heavy (non-hydrogen) atoms. The van der Waals surface area contributed by atoms with Crippen molar-refractivity contribution >= 4 is 38.2 Å². The van der Waals surface area contributed by atoms with Gasteiger partial charge in [0, 0.05) is 24.1 Å². The number of rotatable bonds is 7. The Balaban J connectivity index is 0.00000187. The van der Waals surface area contributed by atoms with Crippen molar-refractivity contribution < 1.29 is 18.2 Å². The van der Waals surface area contributed by atoms with Gasteiger partial charge in [0.15, 0.2) is 0 Å². The maximum absolute atomic E-state index is 13.3. The molecule has 0 fully saturated rings. The van der Waals surface area contributed by atoms with Crippen LogP contribution >= 0.6 is 10.7 Å². The molecule has 5 nitrogen and oxygen atoms in total. The van der Waals surface area contributed by atoms with Gasteiger partial charge in [-0.1, -0.05) is 39.2 Å². The molecule has 8 heteroatoms. The summed E-state index contributed by atoms with van der Waals surface area (Å²) in [4.78, 5) is 26.6. The van der Waals surface area contributed by atoms with E-state index in [4.69, 9.17) is 10.7 Å². The van der Waals surface area contributed by atoms with Crippen molar-refractivity contribution in [2.45, 2.75) is 37.1 Å². The van der Waals surface area contributed by atoms with Gasteiger partial charge in [-0.25, -0.2) is 8.60 Å². The Morgan fingerprint density at radius 3 is 1.97 bits per heavy atom. The molecule has 2 amide bonds. The normalized spacial score (nSPS) is 15.0. The second-order valence-corrected chi connectivity index (χ2v) is 8.82. The van der Waals surface area contributed by atoms with Crippen molar-refractivity contribution in [1.82, 2.24) is 5.32 Å². The number of carbonyl (C=O) groups excluding carboxylic acids is 2. The van der Waals surface area contributed by atoms with Crippen LogP contribution in [0.3, 0.4) is 0 Å². The summed E-state index contributed by atoms with van der Waals surface area (Å²) in [5, 5.41) is 5.62. The third kappa shape index (κ3) is 6.27. The zero-order chi connectivity index (χ0) is 24.6. The smallest absolute Gasteiger partial charge is 0.252 e. The molecule has 0 radical (unpaired) electrons. The summed E-state index contributed by atoms with van der Waals surface area (Å²) in [7, 11) is 3.91. The van der Waals surface area contributed by atoms with E-state index in [1.807, 2.05) is 13.8 Å². The average Bonchev–Trinajstić information content (AvgIpc) is 3.20. The summed E-state index contributed by atoms with van der Waals surface area (Å²) in [5.41, 5.74) is 1.01. The van der Waals surface area contributed by atoms with Crippen molar-refractivity contribution in [2.75, 3.05) is 5.32 Å². The molecule has 1 aliphatic carbocycles. The highest BCUT2D eigenvalue weighted by molar-refractivity contribution is 8.08. The number of allylic oxidation sites excluding steroid dienone is 2. The second kappa shape index (κ2) is 11.7. The fourth-order valence-corrected chi connectivity index (χ4v) is 4.10. The van der Waals surface area contributed by atoms with Crippen LogP contribution in [-0.2, 0) is 14.8 Å². The minimum atomic E-state index is -1.66. The van der Waals surface area contributed by atoms with Gasteiger partial charge in [0.2, 0.25) is 0 Å². The number of hydrogen-bond donors (Lipinski definition) is 2. The maximum Gasteiger partial charge on any atom is 0.252 e. The van der Waals surface area contributed by atoms with E-state index in [1.54, 1.807) is 36.4 Å². The molecule has 2 aromatic rings. The number of hydrogen-bond acceptors (Lipinski definition) is 3. The Morgan fingerprint density at radius 1 is 1.00 bits per heavy atom. The van der Waals surface area contributed by atoms with Crippen molar-refractivity contribution in [3.63, 3.8) is 0 Å². The highest BCUT2D eigenvalue weighted by Gasteiger charge is 2.45. The van der Waals surface area contributed by atoms with Gasteiger partial charge in [0.25, 0.3) is 11.8 Å². The van der Waals surface area contributed by atoms with Crippen LogP contribution in [0.4, 0.5) is 10.1 Å². The van der Waals surface area contributed by atoms with E-state index < -0.39 is 33.2 Å². The van der Waals surface area contributed by atoms with Gasteiger partial charge in [0.05, 0.1) is 4.90 Å². The van der Waals surface area contributed by atoms with Crippen LogP contribution in [-0.4, -0.2) is 21.6 Å². The summed E-state index contributed by atoms with van der Waals surface area (Å²) in [6.07, 6.45) is 3.72. The van der Waals surface area contributed by atoms with E-state index in [1.165, 1.54) is 24.3 Å². The van der Waals surface area contributed by atoms with Gasteiger partial charge < -0.3 is 10.6 Å². The van der Waals surface area contributed by atoms with E-state index >= 15 is 0 Å². The molecule has 3 rings (SSSR count). The highest BCUT2D eigenvalue weighted by atomic mass is 35.7. The zero-order valence-electron chi connectivity index (χ0n) is 18.5. The van der Waals surface area contributed by atoms with Gasteiger partial charge in [-0.3, -0.25) is 9.59 Å². The van der Waals surface area contributed by atoms with E-state index in [-0.39, 0.29) is 18.4 Å². The number of anilines is 1. The van der Waals surface area contributed by atoms with Crippen molar-refractivity contribution in [1.29, 1.82) is 0 Å². The van der Waals surface area contributed by atoms with Crippen LogP contribution in [0, 0.1) is 5.82 Å². The molecule has 1 aliphatic rings. The molecule has 0 aromatic heterocycles. The molecule has 2 aromatic carbocycles. The first kappa shape index (κ1) is 26.2. The van der Waals surface area contributed by atoms with Crippen molar-refractivity contribution in [3.8, 4) is 0 Å². The third-order valence-corrected chi connectivity index (χ3v) is 6.26. The quantitative estimate of drug-likeness (QED) is 0.492. The standard InChI is InChI=1S/C23H20ClFN2O3S.C2H6/c1-3-15-13-23(14-16(15)4-2,27-21(28)17-5-7-18(25)8-6-17)22(29)26-19-9-11-20(12-10-19)31(24)30;1-2/h3-12H,1-2,13-14H2,(H,26,29)(H,27,28);1-2H3. The maximum atomic E-state index is 13.3. The minimum absolute atomic E-state index is 0.223. The van der Waals surface area contributed by atoms with Crippen molar-refractivity contribution in [3.05, 3.63) is 96.4 Å². The van der Waals surface area contributed by atoms with E-state index in [9.17, 15) is 18.2 Å². The molecule has 1 atom stereocenters. The number of halogens is 2. The molecule has 1 unspecified atom stereocenters. The van der Waals surface area contributed by atoms with E-state index in [0.717, 1.165) is 11.1 Å². The molecule has 0 aliphatic heterocycles. The van der Waals surface area contributed by atoms with E-state index in [2.05, 4.69) is 23.8 Å². The topological polar surface area (TPSA) is 75.3 Å². The van der Waals surface area contributed by atoms with Gasteiger partial charge in [-0.2, -0.15) is 0 Å². The van der Waals surface area contributed by atoms with Gasteiger partial charge in [0.1, 0.15) is 21.4 Å². The zero-order valence-corrected chi connectivity index (χ0v) is 20.1. The number of amides is 2. The molecule has 0 saturated carbocycles. The molecule has 0 bridgehead atoms. The highest BCUT2D eigenvalue weighted by Crippen LogP contribution is 2.37. The van der Waals surface area contributed by atoms with Crippen LogP contribution in [0.2, 0.25) is 0 Å². The fraction of sp³-hybridized carbons (Fsp3) is 0.200. The van der Waals surface area contributed by atoms with E-state index in [0.29, 0.717) is 10.6 Å². The Kier molecular flexibility index (Phi) is 9.32. The molecular formula is C25H26ClFN2O3S. The Labute approximate surface area is 200 Å². The third-order valence-electron chi connectivity index (χ3n) is 5.08. The molecule has 0 spiro atoms. The van der Waals surface area contributed by atoms with Crippen LogP contribution in [0.5, 0.6) is 0 Å². The largest absolute Gasteiger partial charge is 0.337 e. The van der Waals surface area contributed by atoms with Crippen LogP contribution in [0.15, 0.2) is 89.9 Å². The SMILES string of the molecule is C=CC1=C(C=C)CC(NC(=O)c2ccc(F)cc2)(C(=O)Nc2ccc(S(=O)Cl)cc2)C1.CC. The first-order chi connectivity index (χ1) is 15.8. The first-order valence-electron chi connectivity index (χ1n) is 10.3. The Hall–Kier alpha value is -3.03. The number of carbonyl (C=O) groups is 2. The second-order valence-electron chi connectivity index (χ2n) is 7.06. The minimum Gasteiger partial charge on any atom is -0.337 e. The molecule has 0 heterocycles. The molecule has 2 N–H and O–H groups in total. The summed E-state index contributed by atoms with van der Waals surface area (Å²) < 4.78 is 24.6. The van der Waals surface area contributed by atoms with Crippen LogP contribution < -0.4 is 10.6 Å². The van der Waals surface area contributed by atoms with Gasteiger partial charge >= 0.3 is 0 Å². The lowest BCUT2D eigenvalue weighted by Crippen LogP contribution is -2.55. The van der Waals surface area contributed by atoms with Crippen LogP contribution in [0.25, 0.3) is 0 Å². The lowest BCUT2D eigenvalue weighted by atomic mass is 9.92. The molecule has 174 valence electrons. The average molecular weight is 489 g/mol. The van der Waals surface area contributed by atoms with Gasteiger partial charge in [-0.15, -0.1) is 0 Å². The molecule has 0 saturated heterocycles. The fourth-order valence-electron chi connectivity index (χ4n) is 3.44. The summed E-state index contributed by atoms with van der Waals surface area (Å²) in [6.45, 7) is 11.6. The van der Waals surface area contributed by atoms with Crippen molar-refractivity contribution in [2.24, 2.45) is 0 Å². The number of benzene rings is 2. The lowest BCUT2D eigenvalue weighted by molar-refractivity contribution is -0.121. The van der Waals surface area contributed by atoms with Gasteiger partial charge in [-0.05, 0) is 70.4 Å². The van der Waals surface area contributed by atoms with Crippen LogP contribution in [0.1, 0.15) is 37.0 Å². The number of nitrogens with one attached hydrogen (secondary N) is 2. The lowest BCUT2D eigenvalue weighted by Gasteiger charge is -2.30. The predicted molar refractivity (Wildman–Crippen MR) is 132 cm³/mol. The first-order valence-corrected chi connectivity index (χ1v) is 12.3. The molecular weight excluding hydrogens is 463 g/mol. The summed E-state index contributed by atoms with van der Waals surface area (Å²) in [6, 6.07) is 11.3.